The summed E-state index contributed by atoms with van der Waals surface area (Å²) in [6.45, 7) is 0. The molecule has 2 N–H and O–H groups in total. The fourth-order valence-electron chi connectivity index (χ4n) is 3.18. The van der Waals surface area contributed by atoms with Gasteiger partial charge in [-0.1, -0.05) is 24.3 Å². The SMILES string of the molecule is [Ru+6].c1ccc(-c2cccc[nH+]2)nc1.c1ccc(-c2cccc[nH+]2)nc1.c1ccc(-c2ccccn2)nc1. The molecule has 0 aliphatic carbocycles. The zero-order valence-electron chi connectivity index (χ0n) is 20.0. The summed E-state index contributed by atoms with van der Waals surface area (Å²) in [6.07, 6.45) is 10.9. The molecule has 37 heavy (non-hydrogen) atoms. The second-order valence-corrected chi connectivity index (χ2v) is 7.41. The van der Waals surface area contributed by atoms with Crippen molar-refractivity contribution in [1.82, 2.24) is 19.9 Å². The molecule has 0 saturated carbocycles. The summed E-state index contributed by atoms with van der Waals surface area (Å²) in [5.41, 5.74) is 5.85. The molecule has 0 aliphatic heterocycles. The molecule has 0 aliphatic rings. The number of pyridine rings is 6. The third kappa shape index (κ3) is 8.91. The van der Waals surface area contributed by atoms with E-state index in [0.717, 1.165) is 34.2 Å². The Labute approximate surface area is 229 Å². The summed E-state index contributed by atoms with van der Waals surface area (Å²) in [4.78, 5) is 23.1. The van der Waals surface area contributed by atoms with Crippen LogP contribution in [0.1, 0.15) is 0 Å². The summed E-state index contributed by atoms with van der Waals surface area (Å²) in [7, 11) is 0. The molecule has 6 nitrogen and oxygen atoms in total. The molecule has 0 unspecified atom stereocenters. The Hall–Kier alpha value is -4.48. The van der Waals surface area contributed by atoms with Crippen molar-refractivity contribution in [3.63, 3.8) is 0 Å². The Kier molecular flexibility index (Phi) is 11.4. The fraction of sp³-hybridized carbons (Fsp3) is 0. The first kappa shape index (κ1) is 27.1. The van der Waals surface area contributed by atoms with Crippen LogP contribution in [-0.4, -0.2) is 19.9 Å². The van der Waals surface area contributed by atoms with Crippen LogP contribution in [0.5, 0.6) is 0 Å². The summed E-state index contributed by atoms with van der Waals surface area (Å²) in [5.74, 6) is 0. The standard InChI is InChI=1S/3C10H8N2.Ru/c3*1-3-7-11-9(5-1)10-6-2-4-8-12-10;/h3*1-8H;/q;;;+6/p+2. The summed E-state index contributed by atoms with van der Waals surface area (Å²) in [6, 6.07) is 35.2. The minimum atomic E-state index is 0. The molecule has 0 radical (unpaired) electrons. The van der Waals surface area contributed by atoms with Crippen molar-refractivity contribution >= 4 is 0 Å². The van der Waals surface area contributed by atoms with E-state index in [0.29, 0.717) is 0 Å². The number of nitrogens with zero attached hydrogens (tertiary/aromatic N) is 4. The van der Waals surface area contributed by atoms with E-state index in [1.54, 1.807) is 24.8 Å². The molecule has 0 amide bonds. The van der Waals surface area contributed by atoms with Crippen molar-refractivity contribution in [3.8, 4) is 34.2 Å². The Morgan fingerprint density at radius 1 is 0.351 bits per heavy atom. The quantitative estimate of drug-likeness (QED) is 0.271. The van der Waals surface area contributed by atoms with E-state index >= 15 is 0 Å². The van der Waals surface area contributed by atoms with Crippen molar-refractivity contribution in [1.29, 1.82) is 0 Å². The van der Waals surface area contributed by atoms with Gasteiger partial charge in [0, 0.05) is 49.1 Å². The first-order valence-electron chi connectivity index (χ1n) is 11.5. The van der Waals surface area contributed by atoms with Crippen molar-refractivity contribution in [2.45, 2.75) is 0 Å². The Bertz CT molecular complexity index is 1100. The molecule has 7 heteroatoms. The van der Waals surface area contributed by atoms with Gasteiger partial charge in [0.15, 0.2) is 12.4 Å². The smallest absolute Gasteiger partial charge is 0.255 e. The van der Waals surface area contributed by atoms with E-state index in [4.69, 9.17) is 0 Å². The molecule has 6 aromatic heterocycles. The second kappa shape index (κ2) is 15.5. The van der Waals surface area contributed by atoms with Crippen LogP contribution in [0, 0.1) is 0 Å². The van der Waals surface area contributed by atoms with Crippen LogP contribution in [0.3, 0.4) is 0 Å². The monoisotopic (exact) mass is 572 g/mol. The van der Waals surface area contributed by atoms with Gasteiger partial charge in [-0.25, -0.2) is 19.9 Å². The van der Waals surface area contributed by atoms with Crippen LogP contribution in [0.2, 0.25) is 0 Å². The topological polar surface area (TPSA) is 79.8 Å². The van der Waals surface area contributed by atoms with E-state index < -0.39 is 0 Å². The van der Waals surface area contributed by atoms with E-state index in [2.05, 4.69) is 29.9 Å². The number of nitrogens with one attached hydrogen (secondary N) is 2. The van der Waals surface area contributed by atoms with Gasteiger partial charge in [-0.05, 0) is 60.7 Å². The van der Waals surface area contributed by atoms with Crippen LogP contribution in [0.25, 0.3) is 34.2 Å². The molecule has 6 aromatic rings. The van der Waals surface area contributed by atoms with Gasteiger partial charge in [0.2, 0.25) is 11.4 Å². The molecule has 0 saturated heterocycles. The van der Waals surface area contributed by atoms with Gasteiger partial charge >= 0.3 is 19.5 Å². The fourth-order valence-corrected chi connectivity index (χ4v) is 3.18. The Morgan fingerprint density at radius 3 is 0.946 bits per heavy atom. The number of hydrogen-bond donors (Lipinski definition) is 0. The van der Waals surface area contributed by atoms with Crippen molar-refractivity contribution in [2.24, 2.45) is 0 Å². The molecule has 0 fully saturated rings. The average molecular weight is 572 g/mol. The molecule has 176 valence electrons. The molecule has 0 atom stereocenters. The van der Waals surface area contributed by atoms with Gasteiger partial charge in [0.05, 0.1) is 11.4 Å². The molecule has 0 bridgehead atoms. The predicted molar refractivity (Wildman–Crippen MR) is 140 cm³/mol. The molecule has 0 spiro atoms. The van der Waals surface area contributed by atoms with Crippen LogP contribution in [0.15, 0.2) is 146 Å². The minimum Gasteiger partial charge on any atom is -0.255 e. The minimum absolute atomic E-state index is 0. The largest absolute Gasteiger partial charge is 6.00 e. The molecule has 0 aromatic carbocycles. The van der Waals surface area contributed by atoms with Crippen LogP contribution in [-0.2, 0) is 19.5 Å². The summed E-state index contributed by atoms with van der Waals surface area (Å²) in [5, 5.41) is 0. The maximum Gasteiger partial charge on any atom is 6.00 e. The van der Waals surface area contributed by atoms with Crippen molar-refractivity contribution < 1.29 is 29.4 Å². The van der Waals surface area contributed by atoms with Crippen molar-refractivity contribution in [3.05, 3.63) is 146 Å². The Morgan fingerprint density at radius 2 is 0.676 bits per heavy atom. The second-order valence-electron chi connectivity index (χ2n) is 7.41. The van der Waals surface area contributed by atoms with Gasteiger partial charge in [-0.15, -0.1) is 0 Å². The van der Waals surface area contributed by atoms with E-state index in [9.17, 15) is 0 Å². The van der Waals surface area contributed by atoms with Crippen LogP contribution >= 0.6 is 0 Å². The zero-order chi connectivity index (χ0) is 24.7. The van der Waals surface area contributed by atoms with Crippen molar-refractivity contribution in [2.75, 3.05) is 0 Å². The van der Waals surface area contributed by atoms with Gasteiger partial charge in [-0.2, -0.15) is 0 Å². The van der Waals surface area contributed by atoms with Gasteiger partial charge in [-0.3, -0.25) is 9.97 Å². The third-order valence-electron chi connectivity index (χ3n) is 4.89. The normalized spacial score (nSPS) is 9.41. The predicted octanol–water partition coefficient (Wildman–Crippen LogP) is 5.27. The molecular weight excluding hydrogens is 545 g/mol. The Balaban J connectivity index is 0.000000152. The van der Waals surface area contributed by atoms with Crippen LogP contribution < -0.4 is 9.97 Å². The van der Waals surface area contributed by atoms with Crippen LogP contribution in [0.4, 0.5) is 0 Å². The number of hydrogen-bond acceptors (Lipinski definition) is 4. The number of rotatable bonds is 3. The average Bonchev–Trinajstić information content (AvgIpc) is 3.01. The van der Waals surface area contributed by atoms with E-state index in [1.165, 1.54) is 0 Å². The first-order valence-corrected chi connectivity index (χ1v) is 11.5. The van der Waals surface area contributed by atoms with E-state index in [-0.39, 0.29) is 19.5 Å². The number of H-pyrrole nitrogens is 2. The molecular formula is C30H26N6Ru+8. The third-order valence-corrected chi connectivity index (χ3v) is 4.89. The maximum atomic E-state index is 4.22. The number of aromatic amines is 2. The van der Waals surface area contributed by atoms with E-state index in [1.807, 2.05) is 122 Å². The van der Waals surface area contributed by atoms with Gasteiger partial charge < -0.3 is 0 Å². The zero-order valence-corrected chi connectivity index (χ0v) is 21.7. The van der Waals surface area contributed by atoms with Gasteiger partial charge in [0.25, 0.3) is 0 Å². The summed E-state index contributed by atoms with van der Waals surface area (Å²) >= 11 is 0. The van der Waals surface area contributed by atoms with Gasteiger partial charge in [0.1, 0.15) is 11.4 Å². The first-order chi connectivity index (χ1) is 17.9. The molecule has 6 heterocycles. The summed E-state index contributed by atoms with van der Waals surface area (Å²) < 4.78 is 0. The molecule has 6 rings (SSSR count). The number of aromatic nitrogens is 6. The maximum absolute atomic E-state index is 4.22.